The van der Waals surface area contributed by atoms with E-state index in [-0.39, 0.29) is 6.17 Å². The van der Waals surface area contributed by atoms with Crippen molar-refractivity contribution in [3.8, 4) is 22.4 Å². The fourth-order valence-corrected chi connectivity index (χ4v) is 5.22. The molecule has 40 heavy (non-hydrogen) atoms. The van der Waals surface area contributed by atoms with Gasteiger partial charge in [0.1, 0.15) is 11.7 Å². The van der Waals surface area contributed by atoms with Gasteiger partial charge in [0.15, 0.2) is 6.17 Å². The van der Waals surface area contributed by atoms with Crippen LogP contribution in [0.4, 0.5) is 0 Å². The Morgan fingerprint density at radius 3 is 1.60 bits per heavy atom. The number of aliphatic imine (C=N–C) groups is 2. The van der Waals surface area contributed by atoms with Crippen molar-refractivity contribution in [2.45, 2.75) is 6.17 Å². The first-order valence-corrected chi connectivity index (χ1v) is 13.4. The van der Waals surface area contributed by atoms with Crippen LogP contribution in [0.3, 0.4) is 0 Å². The Bertz CT molecular complexity index is 1790. The number of nitrogens with one attached hydrogen (secondary N) is 1. The normalized spacial score (nSPS) is 13.4. The van der Waals surface area contributed by atoms with Crippen LogP contribution in [0.25, 0.3) is 33.2 Å². The second kappa shape index (κ2) is 10.4. The van der Waals surface area contributed by atoms with E-state index in [0.717, 1.165) is 45.2 Å². The average Bonchev–Trinajstić information content (AvgIpc) is 3.05. The maximum absolute atomic E-state index is 5.01. The third kappa shape index (κ3) is 4.56. The molecule has 0 atom stereocenters. The second-order valence-corrected chi connectivity index (χ2v) is 9.73. The Hall–Kier alpha value is -5.35. The van der Waals surface area contributed by atoms with Gasteiger partial charge in [0.25, 0.3) is 0 Å². The van der Waals surface area contributed by atoms with E-state index in [2.05, 4.69) is 101 Å². The number of nitrogens with zero attached hydrogens (tertiary/aromatic N) is 3. The Kier molecular flexibility index (Phi) is 6.19. The van der Waals surface area contributed by atoms with Crippen LogP contribution >= 0.6 is 0 Å². The summed E-state index contributed by atoms with van der Waals surface area (Å²) in [6.07, 6.45) is 1.50. The minimum atomic E-state index is -0.344. The molecule has 1 N–H and O–H groups in total. The molecular weight excluding hydrogens is 488 g/mol. The molecule has 6 aromatic rings. The molecule has 0 amide bonds. The molecule has 0 saturated heterocycles. The summed E-state index contributed by atoms with van der Waals surface area (Å²) in [6, 6.07) is 48.0. The van der Waals surface area contributed by atoms with E-state index in [4.69, 9.17) is 9.98 Å². The minimum Gasteiger partial charge on any atom is -0.324 e. The van der Waals surface area contributed by atoms with Gasteiger partial charge in [0, 0.05) is 22.9 Å². The molecule has 190 valence electrons. The molecule has 0 saturated carbocycles. The molecule has 0 unspecified atom stereocenters. The first-order valence-electron chi connectivity index (χ1n) is 13.4. The second-order valence-electron chi connectivity index (χ2n) is 9.73. The molecular formula is C36H26N4. The van der Waals surface area contributed by atoms with Crippen molar-refractivity contribution in [1.82, 2.24) is 10.3 Å². The first-order chi connectivity index (χ1) is 19.8. The SMILES string of the molecule is c1ccc(C2=NC(c3ccc(-c4ccc(-c5ccccn5)c5ccccc45)cc3)N=C(c3ccccc3)N2)cc1. The van der Waals surface area contributed by atoms with Gasteiger partial charge in [-0.15, -0.1) is 0 Å². The first kappa shape index (κ1) is 23.7. The highest BCUT2D eigenvalue weighted by atomic mass is 15.2. The number of hydrogen-bond donors (Lipinski definition) is 1. The molecule has 0 bridgehead atoms. The summed E-state index contributed by atoms with van der Waals surface area (Å²) in [5.74, 6) is 1.64. The van der Waals surface area contributed by atoms with Gasteiger partial charge < -0.3 is 5.32 Å². The van der Waals surface area contributed by atoms with Crippen LogP contribution in [-0.2, 0) is 0 Å². The largest absolute Gasteiger partial charge is 0.324 e. The summed E-state index contributed by atoms with van der Waals surface area (Å²) in [5.41, 5.74) is 7.57. The Balaban J connectivity index is 1.27. The summed E-state index contributed by atoms with van der Waals surface area (Å²) in [7, 11) is 0. The van der Waals surface area contributed by atoms with E-state index in [0.29, 0.717) is 0 Å². The summed E-state index contributed by atoms with van der Waals surface area (Å²) in [6.45, 7) is 0. The van der Waals surface area contributed by atoms with Crippen LogP contribution in [-0.4, -0.2) is 16.7 Å². The number of rotatable bonds is 5. The zero-order valence-corrected chi connectivity index (χ0v) is 21.8. The predicted molar refractivity (Wildman–Crippen MR) is 164 cm³/mol. The Morgan fingerprint density at radius 2 is 1.00 bits per heavy atom. The van der Waals surface area contributed by atoms with Crippen LogP contribution in [0.15, 0.2) is 156 Å². The molecule has 4 heteroatoms. The predicted octanol–water partition coefficient (Wildman–Crippen LogP) is 8.06. The van der Waals surface area contributed by atoms with Crippen molar-refractivity contribution in [3.63, 3.8) is 0 Å². The van der Waals surface area contributed by atoms with Crippen molar-refractivity contribution in [2.75, 3.05) is 0 Å². The number of fused-ring (bicyclic) bond motifs is 1. The summed E-state index contributed by atoms with van der Waals surface area (Å²) in [5, 5.41) is 5.85. The molecule has 4 nitrogen and oxygen atoms in total. The highest BCUT2D eigenvalue weighted by molar-refractivity contribution is 6.15. The standard InChI is InChI=1S/C36H26N4/c1-3-11-26(12-4-1)34-38-35(27-13-5-2-6-14-27)40-36(39-34)28-20-18-25(19-21-28)29-22-23-32(33-17-9-10-24-37-33)31-16-8-7-15-30(29)31/h1-24,36H,(H,38,39,40). The lowest BCUT2D eigenvalue weighted by atomic mass is 9.93. The van der Waals surface area contributed by atoms with Gasteiger partial charge in [0.2, 0.25) is 0 Å². The van der Waals surface area contributed by atoms with E-state index in [1.54, 1.807) is 0 Å². The fourth-order valence-electron chi connectivity index (χ4n) is 5.22. The number of amidine groups is 2. The number of pyridine rings is 1. The zero-order valence-electron chi connectivity index (χ0n) is 21.8. The average molecular weight is 515 g/mol. The zero-order chi connectivity index (χ0) is 26.7. The highest BCUT2D eigenvalue weighted by Gasteiger charge is 2.20. The van der Waals surface area contributed by atoms with E-state index in [1.165, 1.54) is 16.3 Å². The third-order valence-electron chi connectivity index (χ3n) is 7.22. The monoisotopic (exact) mass is 514 g/mol. The lowest BCUT2D eigenvalue weighted by Crippen LogP contribution is -2.35. The van der Waals surface area contributed by atoms with E-state index in [1.807, 2.05) is 54.7 Å². The quantitative estimate of drug-likeness (QED) is 0.253. The van der Waals surface area contributed by atoms with Crippen molar-refractivity contribution in [2.24, 2.45) is 9.98 Å². The van der Waals surface area contributed by atoms with Gasteiger partial charge >= 0.3 is 0 Å². The van der Waals surface area contributed by atoms with E-state index in [9.17, 15) is 0 Å². The molecule has 1 aliphatic rings. The number of benzene rings is 5. The summed E-state index contributed by atoms with van der Waals surface area (Å²) < 4.78 is 0. The molecule has 7 rings (SSSR count). The highest BCUT2D eigenvalue weighted by Crippen LogP contribution is 2.35. The maximum atomic E-state index is 5.01. The van der Waals surface area contributed by atoms with Crippen LogP contribution in [0.5, 0.6) is 0 Å². The smallest absolute Gasteiger partial charge is 0.169 e. The van der Waals surface area contributed by atoms with Crippen molar-refractivity contribution in [1.29, 1.82) is 0 Å². The number of aromatic nitrogens is 1. The molecule has 1 aromatic heterocycles. The lowest BCUT2D eigenvalue weighted by Gasteiger charge is -2.22. The summed E-state index contributed by atoms with van der Waals surface area (Å²) >= 11 is 0. The van der Waals surface area contributed by atoms with Gasteiger partial charge in [-0.3, -0.25) is 4.98 Å². The molecule has 0 spiro atoms. The molecule has 5 aromatic carbocycles. The Labute approximate surface area is 233 Å². The molecule has 0 aliphatic carbocycles. The molecule has 1 aliphatic heterocycles. The maximum Gasteiger partial charge on any atom is 0.169 e. The van der Waals surface area contributed by atoms with Crippen LogP contribution < -0.4 is 5.32 Å². The van der Waals surface area contributed by atoms with Crippen molar-refractivity contribution in [3.05, 3.63) is 162 Å². The summed E-state index contributed by atoms with van der Waals surface area (Å²) in [4.78, 5) is 14.6. The molecule has 2 heterocycles. The van der Waals surface area contributed by atoms with Crippen LogP contribution in [0.1, 0.15) is 22.9 Å². The minimum absolute atomic E-state index is 0.344. The van der Waals surface area contributed by atoms with Crippen LogP contribution in [0, 0.1) is 0 Å². The van der Waals surface area contributed by atoms with Crippen molar-refractivity contribution < 1.29 is 0 Å². The van der Waals surface area contributed by atoms with Gasteiger partial charge in [-0.2, -0.15) is 0 Å². The van der Waals surface area contributed by atoms with Gasteiger partial charge in [-0.1, -0.05) is 127 Å². The fraction of sp³-hybridized carbons (Fsp3) is 0.0278. The van der Waals surface area contributed by atoms with Crippen LogP contribution in [0.2, 0.25) is 0 Å². The Morgan fingerprint density at radius 1 is 0.450 bits per heavy atom. The van der Waals surface area contributed by atoms with Gasteiger partial charge in [0.05, 0.1) is 5.69 Å². The van der Waals surface area contributed by atoms with Gasteiger partial charge in [-0.25, -0.2) is 9.98 Å². The van der Waals surface area contributed by atoms with E-state index >= 15 is 0 Å². The van der Waals surface area contributed by atoms with E-state index < -0.39 is 0 Å². The van der Waals surface area contributed by atoms with Gasteiger partial charge in [-0.05, 0) is 39.6 Å². The van der Waals surface area contributed by atoms with Crippen molar-refractivity contribution >= 4 is 22.4 Å². The molecule has 0 radical (unpaired) electrons. The third-order valence-corrected chi connectivity index (χ3v) is 7.22. The molecule has 0 fully saturated rings. The lowest BCUT2D eigenvalue weighted by molar-refractivity contribution is 0.756. The topological polar surface area (TPSA) is 49.6 Å². The number of hydrogen-bond acceptors (Lipinski definition) is 4.